The molecule has 4 rings (SSSR count). The van der Waals surface area contributed by atoms with E-state index in [9.17, 15) is 9.59 Å². The van der Waals surface area contributed by atoms with Crippen molar-refractivity contribution in [3.8, 4) is 0 Å². The lowest BCUT2D eigenvalue weighted by molar-refractivity contribution is 0.0475. The number of hydrogen-bond acceptors (Lipinski definition) is 4. The summed E-state index contributed by atoms with van der Waals surface area (Å²) in [4.78, 5) is 30.1. The average molecular weight is 414 g/mol. The van der Waals surface area contributed by atoms with Crippen LogP contribution in [0.1, 0.15) is 44.8 Å². The van der Waals surface area contributed by atoms with Crippen LogP contribution in [0.3, 0.4) is 0 Å². The first-order chi connectivity index (χ1) is 13.5. The number of aryl methyl sites for hydroxylation is 1. The lowest BCUT2D eigenvalue weighted by Gasteiger charge is -2.19. The summed E-state index contributed by atoms with van der Waals surface area (Å²) >= 11 is 11.8. The lowest BCUT2D eigenvalue weighted by Crippen LogP contribution is -2.18. The van der Waals surface area contributed by atoms with Crippen LogP contribution in [0.2, 0.25) is 10.0 Å². The molecular weight excluding hydrogens is 397 g/mol. The van der Waals surface area contributed by atoms with Gasteiger partial charge in [0.25, 0.3) is 0 Å². The molecule has 0 unspecified atom stereocenters. The molecule has 4 nitrogen and oxygen atoms in total. The number of esters is 1. The molecule has 1 aromatic heterocycles. The second kappa shape index (κ2) is 7.90. The van der Waals surface area contributed by atoms with Gasteiger partial charge in [-0.1, -0.05) is 41.4 Å². The molecule has 3 aromatic rings. The van der Waals surface area contributed by atoms with Gasteiger partial charge in [0.15, 0.2) is 12.4 Å². The van der Waals surface area contributed by atoms with Crippen LogP contribution in [-0.2, 0) is 17.6 Å². The van der Waals surface area contributed by atoms with E-state index >= 15 is 0 Å². The third-order valence-electron chi connectivity index (χ3n) is 4.95. The predicted molar refractivity (Wildman–Crippen MR) is 109 cm³/mol. The molecule has 0 saturated carbocycles. The minimum absolute atomic E-state index is 0.285. The fraction of sp³-hybridized carbons (Fsp3) is 0.227. The number of pyridine rings is 1. The standard InChI is InChI=1S/C22H17Cl2NO3/c23-16-10-9-13(11-17(16)24)20(26)12-28-22(27)21-14-5-1-3-7-18(14)25-19-8-4-2-6-15(19)21/h1,3,5,7,9-11H,2,4,6,8,12H2. The van der Waals surface area contributed by atoms with E-state index < -0.39 is 5.97 Å². The largest absolute Gasteiger partial charge is 0.454 e. The number of rotatable bonds is 4. The molecular formula is C22H17Cl2NO3. The average Bonchev–Trinajstić information content (AvgIpc) is 2.71. The van der Waals surface area contributed by atoms with E-state index in [0.29, 0.717) is 16.1 Å². The van der Waals surface area contributed by atoms with Gasteiger partial charge in [-0.05, 0) is 55.5 Å². The van der Waals surface area contributed by atoms with Gasteiger partial charge in [-0.25, -0.2) is 4.79 Å². The quantitative estimate of drug-likeness (QED) is 0.420. The SMILES string of the molecule is O=C(COC(=O)c1c2c(nc3ccccc13)CCCC2)c1ccc(Cl)c(Cl)c1. The minimum Gasteiger partial charge on any atom is -0.454 e. The number of ketones is 1. The zero-order valence-corrected chi connectivity index (χ0v) is 16.5. The third kappa shape index (κ3) is 3.62. The van der Waals surface area contributed by atoms with Gasteiger partial charge in [0.2, 0.25) is 0 Å². The summed E-state index contributed by atoms with van der Waals surface area (Å²) in [5.41, 5.74) is 3.54. The molecule has 0 radical (unpaired) electrons. The fourth-order valence-corrected chi connectivity index (χ4v) is 3.86. The molecule has 1 aliphatic carbocycles. The van der Waals surface area contributed by atoms with Crippen molar-refractivity contribution in [2.45, 2.75) is 25.7 Å². The number of aromatic nitrogens is 1. The highest BCUT2D eigenvalue weighted by Gasteiger charge is 2.24. The topological polar surface area (TPSA) is 56.3 Å². The Morgan fingerprint density at radius 2 is 1.79 bits per heavy atom. The number of carbonyl (C=O) groups excluding carboxylic acids is 2. The Kier molecular flexibility index (Phi) is 5.33. The summed E-state index contributed by atoms with van der Waals surface area (Å²) in [6.07, 6.45) is 3.71. The molecule has 0 amide bonds. The van der Waals surface area contributed by atoms with E-state index in [4.69, 9.17) is 32.9 Å². The number of ether oxygens (including phenoxy) is 1. The van der Waals surface area contributed by atoms with E-state index in [1.165, 1.54) is 6.07 Å². The van der Waals surface area contributed by atoms with Crippen LogP contribution < -0.4 is 0 Å². The van der Waals surface area contributed by atoms with Gasteiger partial charge in [0, 0.05) is 16.6 Å². The maximum atomic E-state index is 12.9. The molecule has 0 N–H and O–H groups in total. The molecule has 0 atom stereocenters. The molecule has 1 aliphatic rings. The van der Waals surface area contributed by atoms with E-state index in [0.717, 1.165) is 47.8 Å². The van der Waals surface area contributed by atoms with Gasteiger partial charge in [-0.3, -0.25) is 9.78 Å². The Morgan fingerprint density at radius 1 is 1.00 bits per heavy atom. The van der Waals surface area contributed by atoms with Crippen LogP contribution in [0, 0.1) is 0 Å². The Morgan fingerprint density at radius 3 is 2.61 bits per heavy atom. The van der Waals surface area contributed by atoms with Crippen molar-refractivity contribution in [2.75, 3.05) is 6.61 Å². The number of Topliss-reactive ketones (excluding diaryl/α,β-unsaturated/α-hetero) is 1. The zero-order chi connectivity index (χ0) is 19.7. The monoisotopic (exact) mass is 413 g/mol. The molecule has 2 aromatic carbocycles. The van der Waals surface area contributed by atoms with Gasteiger partial charge in [0.05, 0.1) is 21.1 Å². The lowest BCUT2D eigenvalue weighted by atomic mass is 9.90. The summed E-state index contributed by atoms with van der Waals surface area (Å²) in [5.74, 6) is -0.829. The molecule has 0 bridgehead atoms. The Bertz CT molecular complexity index is 1090. The van der Waals surface area contributed by atoms with Crippen molar-refractivity contribution in [3.05, 3.63) is 74.9 Å². The van der Waals surface area contributed by atoms with Gasteiger partial charge < -0.3 is 4.74 Å². The number of carbonyl (C=O) groups is 2. The van der Waals surface area contributed by atoms with Gasteiger partial charge in [-0.2, -0.15) is 0 Å². The van der Waals surface area contributed by atoms with Crippen LogP contribution in [-0.4, -0.2) is 23.3 Å². The second-order valence-corrected chi connectivity index (χ2v) is 7.58. The molecule has 1 heterocycles. The van der Waals surface area contributed by atoms with E-state index in [1.807, 2.05) is 24.3 Å². The first-order valence-corrected chi connectivity index (χ1v) is 9.86. The third-order valence-corrected chi connectivity index (χ3v) is 5.69. The summed E-state index contributed by atoms with van der Waals surface area (Å²) in [6.45, 7) is -0.359. The minimum atomic E-state index is -0.495. The van der Waals surface area contributed by atoms with Crippen molar-refractivity contribution >= 4 is 45.9 Å². The summed E-state index contributed by atoms with van der Waals surface area (Å²) in [6, 6.07) is 12.1. The molecule has 28 heavy (non-hydrogen) atoms. The van der Waals surface area contributed by atoms with Crippen molar-refractivity contribution in [1.82, 2.24) is 4.98 Å². The normalized spacial score (nSPS) is 13.2. The highest BCUT2D eigenvalue weighted by Crippen LogP contribution is 2.30. The highest BCUT2D eigenvalue weighted by molar-refractivity contribution is 6.42. The summed E-state index contributed by atoms with van der Waals surface area (Å²) < 4.78 is 5.40. The van der Waals surface area contributed by atoms with Crippen LogP contribution in [0.5, 0.6) is 0 Å². The molecule has 0 spiro atoms. The van der Waals surface area contributed by atoms with E-state index in [-0.39, 0.29) is 17.4 Å². The van der Waals surface area contributed by atoms with Crippen LogP contribution in [0.25, 0.3) is 10.9 Å². The second-order valence-electron chi connectivity index (χ2n) is 6.76. The number of halogens is 2. The first-order valence-electron chi connectivity index (χ1n) is 9.10. The van der Waals surface area contributed by atoms with Crippen molar-refractivity contribution in [1.29, 1.82) is 0 Å². The van der Waals surface area contributed by atoms with Crippen molar-refractivity contribution in [2.24, 2.45) is 0 Å². The van der Waals surface area contributed by atoms with Crippen LogP contribution >= 0.6 is 23.2 Å². The molecule has 6 heteroatoms. The Balaban J connectivity index is 1.62. The van der Waals surface area contributed by atoms with Gasteiger partial charge in [-0.15, -0.1) is 0 Å². The van der Waals surface area contributed by atoms with Gasteiger partial charge in [0.1, 0.15) is 0 Å². The summed E-state index contributed by atoms with van der Waals surface area (Å²) in [5, 5.41) is 1.41. The van der Waals surface area contributed by atoms with Crippen molar-refractivity contribution < 1.29 is 14.3 Å². The Labute approximate surface area is 172 Å². The van der Waals surface area contributed by atoms with Gasteiger partial charge >= 0.3 is 5.97 Å². The van der Waals surface area contributed by atoms with Crippen LogP contribution in [0.15, 0.2) is 42.5 Å². The number of benzene rings is 2. The van der Waals surface area contributed by atoms with Crippen LogP contribution in [0.4, 0.5) is 0 Å². The smallest absolute Gasteiger partial charge is 0.339 e. The summed E-state index contributed by atoms with van der Waals surface area (Å²) in [7, 11) is 0. The Hall–Kier alpha value is -2.43. The maximum Gasteiger partial charge on any atom is 0.339 e. The van der Waals surface area contributed by atoms with E-state index in [2.05, 4.69) is 0 Å². The number of para-hydroxylation sites is 1. The zero-order valence-electron chi connectivity index (χ0n) is 15.0. The van der Waals surface area contributed by atoms with E-state index in [1.54, 1.807) is 12.1 Å². The molecule has 142 valence electrons. The molecule has 0 fully saturated rings. The fourth-order valence-electron chi connectivity index (χ4n) is 3.56. The number of fused-ring (bicyclic) bond motifs is 2. The molecule has 0 aliphatic heterocycles. The number of hydrogen-bond donors (Lipinski definition) is 0. The first kappa shape index (κ1) is 18.9. The number of nitrogens with zero attached hydrogens (tertiary/aromatic N) is 1. The van der Waals surface area contributed by atoms with Crippen molar-refractivity contribution in [3.63, 3.8) is 0 Å². The maximum absolute atomic E-state index is 12.9. The predicted octanol–water partition coefficient (Wildman–Crippen LogP) is 5.46. The molecule has 0 saturated heterocycles. The highest BCUT2D eigenvalue weighted by atomic mass is 35.5.